The second kappa shape index (κ2) is 7.31. The molecule has 1 unspecified atom stereocenters. The highest BCUT2D eigenvalue weighted by Gasteiger charge is 2.25. The van der Waals surface area contributed by atoms with Crippen LogP contribution in [0.3, 0.4) is 0 Å². The highest BCUT2D eigenvalue weighted by Crippen LogP contribution is 2.24. The molecule has 5 nitrogen and oxygen atoms in total. The number of carbonyl (C=O) groups excluding carboxylic acids is 1. The number of rotatable bonds is 3. The van der Waals surface area contributed by atoms with Gasteiger partial charge in [-0.2, -0.15) is 0 Å². The van der Waals surface area contributed by atoms with Crippen molar-refractivity contribution < 1.29 is 14.7 Å². The average molecular weight is 423 g/mol. The molecular formula is C14H16ClIN2O3. The molecule has 1 heterocycles. The minimum absolute atomic E-state index is 0.0336. The molecule has 1 aromatic carbocycles. The second-order valence-electron chi connectivity index (χ2n) is 5.11. The van der Waals surface area contributed by atoms with Crippen LogP contribution >= 0.6 is 34.2 Å². The first-order valence-electron chi connectivity index (χ1n) is 6.68. The van der Waals surface area contributed by atoms with Crippen molar-refractivity contribution in [2.45, 2.75) is 19.3 Å². The van der Waals surface area contributed by atoms with Crippen molar-refractivity contribution in [2.24, 2.45) is 5.92 Å². The molecule has 0 radical (unpaired) electrons. The van der Waals surface area contributed by atoms with Crippen LogP contribution in [0.15, 0.2) is 18.2 Å². The Labute approximate surface area is 141 Å². The number of likely N-dealkylation sites (tertiary alicyclic amines) is 1. The number of hydrogen-bond acceptors (Lipinski definition) is 2. The fourth-order valence-electron chi connectivity index (χ4n) is 2.45. The Morgan fingerprint density at radius 2 is 2.24 bits per heavy atom. The summed E-state index contributed by atoms with van der Waals surface area (Å²) in [6.07, 6.45) is 1.81. The molecule has 2 rings (SSSR count). The molecule has 2 amide bonds. The van der Waals surface area contributed by atoms with Gasteiger partial charge in [-0.1, -0.05) is 11.6 Å². The fourth-order valence-corrected chi connectivity index (χ4v) is 3.45. The number of carbonyl (C=O) groups is 2. The van der Waals surface area contributed by atoms with Gasteiger partial charge in [0.05, 0.1) is 5.69 Å². The number of amides is 2. The van der Waals surface area contributed by atoms with E-state index in [1.165, 1.54) is 0 Å². The molecule has 0 bridgehead atoms. The lowest BCUT2D eigenvalue weighted by molar-refractivity contribution is -0.138. The van der Waals surface area contributed by atoms with E-state index in [2.05, 4.69) is 27.9 Å². The van der Waals surface area contributed by atoms with Gasteiger partial charge in [-0.15, -0.1) is 0 Å². The largest absolute Gasteiger partial charge is 0.481 e. The van der Waals surface area contributed by atoms with Crippen molar-refractivity contribution in [2.75, 3.05) is 18.4 Å². The van der Waals surface area contributed by atoms with E-state index >= 15 is 0 Å². The van der Waals surface area contributed by atoms with E-state index in [-0.39, 0.29) is 18.4 Å². The van der Waals surface area contributed by atoms with Gasteiger partial charge in [-0.05, 0) is 59.5 Å². The number of nitrogens with one attached hydrogen (secondary N) is 1. The first-order valence-corrected chi connectivity index (χ1v) is 8.14. The average Bonchev–Trinajstić information content (AvgIpc) is 2.41. The molecule has 2 N–H and O–H groups in total. The predicted molar refractivity (Wildman–Crippen MR) is 89.7 cm³/mol. The monoisotopic (exact) mass is 422 g/mol. The summed E-state index contributed by atoms with van der Waals surface area (Å²) in [5, 5.41) is 12.3. The summed E-state index contributed by atoms with van der Waals surface area (Å²) >= 11 is 8.00. The lowest BCUT2D eigenvalue weighted by atomic mass is 9.95. The van der Waals surface area contributed by atoms with Crippen LogP contribution < -0.4 is 5.32 Å². The smallest absolute Gasteiger partial charge is 0.321 e. The maximum atomic E-state index is 12.3. The third-order valence-electron chi connectivity index (χ3n) is 3.44. The number of hydrogen-bond donors (Lipinski definition) is 2. The van der Waals surface area contributed by atoms with Crippen LogP contribution in [0.2, 0.25) is 5.02 Å². The zero-order valence-corrected chi connectivity index (χ0v) is 14.2. The van der Waals surface area contributed by atoms with Crippen LogP contribution in [-0.4, -0.2) is 35.1 Å². The number of anilines is 1. The minimum Gasteiger partial charge on any atom is -0.481 e. The van der Waals surface area contributed by atoms with Crippen molar-refractivity contribution >= 4 is 51.9 Å². The first-order chi connectivity index (χ1) is 9.95. The number of urea groups is 1. The molecule has 0 saturated carbocycles. The highest BCUT2D eigenvalue weighted by atomic mass is 127. The molecule has 1 aromatic rings. The molecule has 21 heavy (non-hydrogen) atoms. The summed E-state index contributed by atoms with van der Waals surface area (Å²) in [6, 6.07) is 5.08. The summed E-state index contributed by atoms with van der Waals surface area (Å²) in [6.45, 7) is 1.15. The van der Waals surface area contributed by atoms with Gasteiger partial charge >= 0.3 is 12.0 Å². The SMILES string of the molecule is O=C(O)CC1CCCN(C(=O)Nc2ccc(Cl)cc2I)C1. The number of carboxylic acid groups (broad SMARTS) is 1. The molecule has 1 atom stereocenters. The highest BCUT2D eigenvalue weighted by molar-refractivity contribution is 14.1. The van der Waals surface area contributed by atoms with Crippen molar-refractivity contribution in [1.29, 1.82) is 0 Å². The standard InChI is InChI=1S/C14H16ClIN2O3/c15-10-3-4-12(11(16)7-10)17-14(21)18-5-1-2-9(8-18)6-13(19)20/h3-4,7,9H,1-2,5-6,8H2,(H,17,21)(H,19,20). The molecule has 0 aliphatic carbocycles. The zero-order valence-electron chi connectivity index (χ0n) is 11.3. The third-order valence-corrected chi connectivity index (χ3v) is 4.57. The third kappa shape index (κ3) is 4.74. The van der Waals surface area contributed by atoms with Gasteiger partial charge in [0, 0.05) is 28.1 Å². The van der Waals surface area contributed by atoms with E-state index in [9.17, 15) is 9.59 Å². The van der Waals surface area contributed by atoms with Crippen molar-refractivity contribution in [1.82, 2.24) is 4.90 Å². The number of halogens is 2. The van der Waals surface area contributed by atoms with Crippen molar-refractivity contribution in [3.05, 3.63) is 26.8 Å². The molecule has 1 aliphatic heterocycles. The number of aliphatic carboxylic acids is 1. The van der Waals surface area contributed by atoms with E-state index in [1.54, 1.807) is 23.1 Å². The Balaban J connectivity index is 1.97. The molecule has 7 heteroatoms. The van der Waals surface area contributed by atoms with E-state index in [4.69, 9.17) is 16.7 Å². The molecule has 114 valence electrons. The van der Waals surface area contributed by atoms with Crippen LogP contribution in [0.4, 0.5) is 10.5 Å². The van der Waals surface area contributed by atoms with Crippen LogP contribution in [0.1, 0.15) is 19.3 Å². The Hall–Kier alpha value is -1.02. The summed E-state index contributed by atoms with van der Waals surface area (Å²) in [4.78, 5) is 24.7. The van der Waals surface area contributed by atoms with Gasteiger partial charge in [0.1, 0.15) is 0 Å². The zero-order chi connectivity index (χ0) is 15.4. The molecule has 1 aliphatic rings. The Bertz CT molecular complexity index is 553. The van der Waals surface area contributed by atoms with Crippen molar-refractivity contribution in [3.8, 4) is 0 Å². The van der Waals surface area contributed by atoms with Crippen LogP contribution in [0, 0.1) is 9.49 Å². The normalized spacial score (nSPS) is 18.4. The summed E-state index contributed by atoms with van der Waals surface area (Å²) in [7, 11) is 0. The molecule has 0 aromatic heterocycles. The first kappa shape index (κ1) is 16.4. The quantitative estimate of drug-likeness (QED) is 0.730. The second-order valence-corrected chi connectivity index (χ2v) is 6.71. The molecular weight excluding hydrogens is 407 g/mol. The van der Waals surface area contributed by atoms with E-state index in [0.29, 0.717) is 23.8 Å². The van der Waals surface area contributed by atoms with Gasteiger partial charge in [0.25, 0.3) is 0 Å². The van der Waals surface area contributed by atoms with Crippen LogP contribution in [0.25, 0.3) is 0 Å². The van der Waals surface area contributed by atoms with Crippen molar-refractivity contribution in [3.63, 3.8) is 0 Å². The van der Waals surface area contributed by atoms with Gasteiger partial charge in [-0.25, -0.2) is 4.79 Å². The van der Waals surface area contributed by atoms with E-state index < -0.39 is 5.97 Å². The van der Waals surface area contributed by atoms with E-state index in [1.807, 2.05) is 0 Å². The predicted octanol–water partition coefficient (Wildman–Crippen LogP) is 3.66. The number of nitrogens with zero attached hydrogens (tertiary/aromatic N) is 1. The van der Waals surface area contributed by atoms with Crippen LogP contribution in [0.5, 0.6) is 0 Å². The van der Waals surface area contributed by atoms with Gasteiger partial charge in [-0.3, -0.25) is 4.79 Å². The minimum atomic E-state index is -0.811. The molecule has 1 fully saturated rings. The fraction of sp³-hybridized carbons (Fsp3) is 0.429. The summed E-state index contributed by atoms with van der Waals surface area (Å²) < 4.78 is 0.868. The number of benzene rings is 1. The lowest BCUT2D eigenvalue weighted by Gasteiger charge is -2.32. The maximum absolute atomic E-state index is 12.3. The Morgan fingerprint density at radius 1 is 1.48 bits per heavy atom. The topological polar surface area (TPSA) is 69.6 Å². The molecule has 0 spiro atoms. The van der Waals surface area contributed by atoms with Gasteiger partial charge in [0.15, 0.2) is 0 Å². The lowest BCUT2D eigenvalue weighted by Crippen LogP contribution is -2.42. The maximum Gasteiger partial charge on any atom is 0.321 e. The van der Waals surface area contributed by atoms with Gasteiger partial charge < -0.3 is 15.3 Å². The Morgan fingerprint density at radius 3 is 2.90 bits per heavy atom. The van der Waals surface area contributed by atoms with E-state index in [0.717, 1.165) is 16.4 Å². The molecule has 1 saturated heterocycles. The number of carboxylic acids is 1. The summed E-state index contributed by atoms with van der Waals surface area (Å²) in [5.41, 5.74) is 0.713. The van der Waals surface area contributed by atoms with Crippen LogP contribution in [-0.2, 0) is 4.79 Å². The Kier molecular flexibility index (Phi) is 5.69. The van der Waals surface area contributed by atoms with Gasteiger partial charge in [0.2, 0.25) is 0 Å². The summed E-state index contributed by atoms with van der Waals surface area (Å²) in [5.74, 6) is -0.777. The number of piperidine rings is 1.